The summed E-state index contributed by atoms with van der Waals surface area (Å²) in [4.78, 5) is 0. The highest BCUT2D eigenvalue weighted by molar-refractivity contribution is 5.44. The van der Waals surface area contributed by atoms with Gasteiger partial charge in [-0.25, -0.2) is 0 Å². The lowest BCUT2D eigenvalue weighted by Gasteiger charge is -2.26. The van der Waals surface area contributed by atoms with Gasteiger partial charge in [-0.2, -0.15) is 0 Å². The Labute approximate surface area is 86.3 Å². The van der Waals surface area contributed by atoms with Crippen LogP contribution < -0.4 is 5.73 Å². The molecule has 1 atom stereocenters. The molecule has 2 rings (SSSR count). The maximum absolute atomic E-state index is 6.17. The van der Waals surface area contributed by atoms with Gasteiger partial charge < -0.3 is 5.73 Å². The molecule has 1 aliphatic carbocycles. The minimum absolute atomic E-state index is 0.283. The predicted octanol–water partition coefficient (Wildman–Crippen LogP) is 2.89. The minimum atomic E-state index is 0.283. The Morgan fingerprint density at radius 2 is 2.21 bits per heavy atom. The summed E-state index contributed by atoms with van der Waals surface area (Å²) in [6.45, 7) is 4.41. The van der Waals surface area contributed by atoms with Gasteiger partial charge in [0.25, 0.3) is 0 Å². The van der Waals surface area contributed by atoms with Gasteiger partial charge in [0.15, 0.2) is 0 Å². The van der Waals surface area contributed by atoms with Crippen molar-refractivity contribution in [1.29, 1.82) is 0 Å². The van der Waals surface area contributed by atoms with Crippen molar-refractivity contribution in [2.24, 2.45) is 5.73 Å². The Kier molecular flexibility index (Phi) is 2.60. The van der Waals surface area contributed by atoms with Crippen LogP contribution in [0.15, 0.2) is 12.1 Å². The molecule has 1 aliphatic rings. The molecule has 0 radical (unpaired) electrons. The van der Waals surface area contributed by atoms with Crippen LogP contribution in [0, 0.1) is 6.92 Å². The smallest absolute Gasteiger partial charge is 0.0300 e. The molecular formula is C13H19N. The van der Waals surface area contributed by atoms with Gasteiger partial charge in [0.05, 0.1) is 0 Å². The second-order valence-electron chi connectivity index (χ2n) is 4.29. The summed E-state index contributed by atoms with van der Waals surface area (Å²) in [5, 5.41) is 0. The number of rotatable bonds is 1. The first kappa shape index (κ1) is 9.72. The molecule has 1 heteroatoms. The molecule has 76 valence electrons. The molecule has 1 aromatic rings. The highest BCUT2D eigenvalue weighted by Gasteiger charge is 2.20. The Morgan fingerprint density at radius 1 is 1.43 bits per heavy atom. The molecule has 0 fully saturated rings. The number of aryl methyl sites for hydroxylation is 2. The predicted molar refractivity (Wildman–Crippen MR) is 60.4 cm³/mol. The van der Waals surface area contributed by atoms with E-state index >= 15 is 0 Å². The third-order valence-corrected chi connectivity index (χ3v) is 3.37. The Balaban J connectivity index is 2.57. The fourth-order valence-corrected chi connectivity index (χ4v) is 2.61. The fraction of sp³-hybridized carbons (Fsp3) is 0.538. The third-order valence-electron chi connectivity index (χ3n) is 3.37. The van der Waals surface area contributed by atoms with Crippen LogP contribution >= 0.6 is 0 Å². The molecule has 0 bridgehead atoms. The standard InChI is InChI=1S/C13H19N/c1-3-10-8-7-9(2)13-11(10)5-4-6-12(13)14/h7-8,12H,3-6,14H2,1-2H3/t12-/m1/s1. The molecule has 14 heavy (non-hydrogen) atoms. The van der Waals surface area contributed by atoms with E-state index < -0.39 is 0 Å². The van der Waals surface area contributed by atoms with E-state index in [0.29, 0.717) is 0 Å². The lowest BCUT2D eigenvalue weighted by atomic mass is 9.82. The van der Waals surface area contributed by atoms with Crippen molar-refractivity contribution in [3.63, 3.8) is 0 Å². The molecule has 0 spiro atoms. The Hall–Kier alpha value is -0.820. The summed E-state index contributed by atoms with van der Waals surface area (Å²) in [5.41, 5.74) is 12.0. The molecule has 0 unspecified atom stereocenters. The number of nitrogens with two attached hydrogens (primary N) is 1. The van der Waals surface area contributed by atoms with Gasteiger partial charge in [0, 0.05) is 6.04 Å². The molecule has 1 nitrogen and oxygen atoms in total. The lowest BCUT2D eigenvalue weighted by molar-refractivity contribution is 0.564. The van der Waals surface area contributed by atoms with Crippen molar-refractivity contribution < 1.29 is 0 Å². The highest BCUT2D eigenvalue weighted by Crippen LogP contribution is 2.32. The van der Waals surface area contributed by atoms with E-state index in [1.165, 1.54) is 29.5 Å². The van der Waals surface area contributed by atoms with E-state index in [1.807, 2.05) is 0 Å². The number of hydrogen-bond acceptors (Lipinski definition) is 1. The van der Waals surface area contributed by atoms with Crippen LogP contribution in [0.4, 0.5) is 0 Å². The van der Waals surface area contributed by atoms with Crippen molar-refractivity contribution in [2.45, 2.75) is 45.6 Å². The van der Waals surface area contributed by atoms with Crippen molar-refractivity contribution in [2.75, 3.05) is 0 Å². The largest absolute Gasteiger partial charge is 0.324 e. The Morgan fingerprint density at radius 3 is 2.93 bits per heavy atom. The van der Waals surface area contributed by atoms with E-state index in [-0.39, 0.29) is 6.04 Å². The van der Waals surface area contributed by atoms with Crippen LogP contribution in [0.2, 0.25) is 0 Å². The highest BCUT2D eigenvalue weighted by atomic mass is 14.6. The summed E-state index contributed by atoms with van der Waals surface area (Å²) in [5.74, 6) is 0. The molecular weight excluding hydrogens is 170 g/mol. The van der Waals surface area contributed by atoms with Crippen LogP contribution in [0.3, 0.4) is 0 Å². The van der Waals surface area contributed by atoms with Crippen molar-refractivity contribution >= 4 is 0 Å². The first-order chi connectivity index (χ1) is 6.74. The van der Waals surface area contributed by atoms with Crippen LogP contribution in [0.25, 0.3) is 0 Å². The van der Waals surface area contributed by atoms with Gasteiger partial charge >= 0.3 is 0 Å². The zero-order valence-electron chi connectivity index (χ0n) is 9.14. The summed E-state index contributed by atoms with van der Waals surface area (Å²) >= 11 is 0. The van der Waals surface area contributed by atoms with Crippen molar-refractivity contribution in [3.05, 3.63) is 34.4 Å². The maximum Gasteiger partial charge on any atom is 0.0300 e. The number of benzene rings is 1. The van der Waals surface area contributed by atoms with Crippen molar-refractivity contribution in [1.82, 2.24) is 0 Å². The van der Waals surface area contributed by atoms with Gasteiger partial charge in [-0.15, -0.1) is 0 Å². The first-order valence-electron chi connectivity index (χ1n) is 5.61. The maximum atomic E-state index is 6.17. The second kappa shape index (κ2) is 3.74. The molecule has 0 aliphatic heterocycles. The molecule has 1 aromatic carbocycles. The van der Waals surface area contributed by atoms with Crippen LogP contribution in [0.5, 0.6) is 0 Å². The van der Waals surface area contributed by atoms with Gasteiger partial charge in [0.2, 0.25) is 0 Å². The molecule has 0 heterocycles. The lowest BCUT2D eigenvalue weighted by Crippen LogP contribution is -2.20. The van der Waals surface area contributed by atoms with E-state index in [4.69, 9.17) is 5.73 Å². The average Bonchev–Trinajstić information content (AvgIpc) is 2.18. The number of hydrogen-bond donors (Lipinski definition) is 1. The Bertz CT molecular complexity index is 341. The minimum Gasteiger partial charge on any atom is -0.324 e. The topological polar surface area (TPSA) is 26.0 Å². The molecule has 0 amide bonds. The van der Waals surface area contributed by atoms with Crippen LogP contribution in [-0.2, 0) is 12.8 Å². The number of fused-ring (bicyclic) bond motifs is 1. The van der Waals surface area contributed by atoms with Gasteiger partial charge in [0.1, 0.15) is 0 Å². The van der Waals surface area contributed by atoms with Crippen LogP contribution in [-0.4, -0.2) is 0 Å². The van der Waals surface area contributed by atoms with E-state index in [1.54, 1.807) is 5.56 Å². The molecule has 0 aromatic heterocycles. The zero-order chi connectivity index (χ0) is 10.1. The molecule has 2 N–H and O–H groups in total. The summed E-state index contributed by atoms with van der Waals surface area (Å²) in [6, 6.07) is 4.78. The monoisotopic (exact) mass is 189 g/mol. The second-order valence-corrected chi connectivity index (χ2v) is 4.29. The van der Waals surface area contributed by atoms with Gasteiger partial charge in [-0.1, -0.05) is 19.1 Å². The molecule has 0 saturated carbocycles. The van der Waals surface area contributed by atoms with Gasteiger partial charge in [-0.3, -0.25) is 0 Å². The zero-order valence-corrected chi connectivity index (χ0v) is 9.14. The first-order valence-corrected chi connectivity index (χ1v) is 5.61. The van der Waals surface area contributed by atoms with E-state index in [2.05, 4.69) is 26.0 Å². The van der Waals surface area contributed by atoms with E-state index in [9.17, 15) is 0 Å². The summed E-state index contributed by atoms with van der Waals surface area (Å²) < 4.78 is 0. The van der Waals surface area contributed by atoms with E-state index in [0.717, 1.165) is 12.8 Å². The summed E-state index contributed by atoms with van der Waals surface area (Å²) in [6.07, 6.45) is 4.77. The van der Waals surface area contributed by atoms with Crippen LogP contribution in [0.1, 0.15) is 48.1 Å². The van der Waals surface area contributed by atoms with Crippen molar-refractivity contribution in [3.8, 4) is 0 Å². The third kappa shape index (κ3) is 1.46. The fourth-order valence-electron chi connectivity index (χ4n) is 2.61. The SMILES string of the molecule is CCc1ccc(C)c2c1CCC[C@H]2N. The van der Waals surface area contributed by atoms with Gasteiger partial charge in [-0.05, 0) is 54.9 Å². The normalized spacial score (nSPS) is 20.6. The summed E-state index contributed by atoms with van der Waals surface area (Å²) in [7, 11) is 0. The molecule has 0 saturated heterocycles. The quantitative estimate of drug-likeness (QED) is 0.722. The average molecular weight is 189 g/mol.